The smallest absolute Gasteiger partial charge is 0.278 e. The monoisotopic (exact) mass is 259 g/mol. The summed E-state index contributed by atoms with van der Waals surface area (Å²) in [5.41, 5.74) is 2.26. The third-order valence-electron chi connectivity index (χ3n) is 2.38. The van der Waals surface area contributed by atoms with Crippen molar-refractivity contribution in [3.8, 4) is 0 Å². The molecule has 1 aromatic carbocycles. The van der Waals surface area contributed by atoms with Crippen LogP contribution in [0.4, 0.5) is 0 Å². The first-order chi connectivity index (χ1) is 9.09. The van der Waals surface area contributed by atoms with Gasteiger partial charge in [-0.1, -0.05) is 12.1 Å². The Kier molecular flexibility index (Phi) is 3.61. The molecule has 1 aromatic heterocycles. The zero-order valence-corrected chi connectivity index (χ0v) is 10.6. The van der Waals surface area contributed by atoms with Crippen LogP contribution in [0.5, 0.6) is 0 Å². The van der Waals surface area contributed by atoms with Gasteiger partial charge < -0.3 is 9.32 Å². The third kappa shape index (κ3) is 2.79. The number of carbonyl (C=O) groups excluding carboxylic acids is 1. The molecule has 0 fully saturated rings. The molecule has 1 N–H and O–H groups in total. The van der Waals surface area contributed by atoms with Crippen LogP contribution in [0.15, 0.2) is 44.8 Å². The Labute approximate surface area is 109 Å². The van der Waals surface area contributed by atoms with Crippen LogP contribution >= 0.6 is 0 Å². The van der Waals surface area contributed by atoms with E-state index in [4.69, 9.17) is 4.42 Å². The number of nitrogens with zero attached hydrogens (tertiary/aromatic N) is 2. The highest BCUT2D eigenvalue weighted by Gasteiger charge is 2.13. The van der Waals surface area contributed by atoms with Crippen LogP contribution in [0.2, 0.25) is 0 Å². The van der Waals surface area contributed by atoms with Crippen molar-refractivity contribution < 1.29 is 9.21 Å². The van der Waals surface area contributed by atoms with E-state index in [-0.39, 0.29) is 11.0 Å². The number of fused-ring (bicyclic) bond motifs is 1. The lowest BCUT2D eigenvalue weighted by molar-refractivity contribution is 0.0952. The molecule has 0 saturated heterocycles. The van der Waals surface area contributed by atoms with Gasteiger partial charge in [0.15, 0.2) is 0 Å². The van der Waals surface area contributed by atoms with Gasteiger partial charge in [-0.25, -0.2) is 5.43 Å². The fourth-order valence-electron chi connectivity index (χ4n) is 1.50. The molecule has 1 amide bonds. The van der Waals surface area contributed by atoms with Gasteiger partial charge in [-0.2, -0.15) is 5.10 Å². The Morgan fingerprint density at radius 2 is 2.11 bits per heavy atom. The predicted octanol–water partition coefficient (Wildman–Crippen LogP) is 1.03. The summed E-state index contributed by atoms with van der Waals surface area (Å²) in [5.74, 6) is -0.599. The van der Waals surface area contributed by atoms with Gasteiger partial charge in [0.1, 0.15) is 23.7 Å². The van der Waals surface area contributed by atoms with Gasteiger partial charge in [-0.3, -0.25) is 9.59 Å². The highest BCUT2D eigenvalue weighted by Crippen LogP contribution is 2.10. The van der Waals surface area contributed by atoms with Gasteiger partial charge in [0.05, 0.1) is 5.39 Å². The van der Waals surface area contributed by atoms with Gasteiger partial charge in [-0.05, 0) is 12.1 Å². The number of carbonyl (C=O) groups is 1. The van der Waals surface area contributed by atoms with Crippen LogP contribution in [-0.2, 0) is 0 Å². The molecular weight excluding hydrogens is 246 g/mol. The fraction of sp³-hybridized carbons (Fsp3) is 0.154. The van der Waals surface area contributed by atoms with Crippen LogP contribution in [0.1, 0.15) is 10.4 Å². The van der Waals surface area contributed by atoms with Crippen molar-refractivity contribution in [2.24, 2.45) is 5.10 Å². The molecule has 0 bridgehead atoms. The number of hydrogen-bond acceptors (Lipinski definition) is 4. The molecule has 6 nitrogen and oxygen atoms in total. The summed E-state index contributed by atoms with van der Waals surface area (Å²) in [6.07, 6.45) is 2.56. The minimum atomic E-state index is -0.599. The van der Waals surface area contributed by atoms with E-state index in [1.165, 1.54) is 6.34 Å². The maximum absolute atomic E-state index is 12.1. The molecule has 0 atom stereocenters. The zero-order chi connectivity index (χ0) is 13.8. The number of hydrazone groups is 1. The summed E-state index contributed by atoms with van der Waals surface area (Å²) in [7, 11) is 3.53. The van der Waals surface area contributed by atoms with Crippen LogP contribution in [0.3, 0.4) is 0 Å². The summed E-state index contributed by atoms with van der Waals surface area (Å²) in [6, 6.07) is 6.75. The second-order valence-corrected chi connectivity index (χ2v) is 4.12. The molecule has 0 aliphatic rings. The maximum atomic E-state index is 12.1. The molecule has 2 aromatic rings. The Morgan fingerprint density at radius 1 is 1.37 bits per heavy atom. The lowest BCUT2D eigenvalue weighted by Crippen LogP contribution is -2.25. The number of para-hydroxylation sites is 1. The third-order valence-corrected chi connectivity index (χ3v) is 2.38. The first-order valence-electron chi connectivity index (χ1n) is 5.60. The normalized spacial score (nSPS) is 10.8. The van der Waals surface area contributed by atoms with Gasteiger partial charge in [-0.15, -0.1) is 0 Å². The molecule has 0 aliphatic carbocycles. The molecule has 6 heteroatoms. The standard InChI is InChI=1S/C13H13N3O3/c1-16(2)8-14-15-13(18)10-7-19-11-6-4-3-5-9(11)12(10)17/h3-8H,1-2H3,(H,15,18)/b14-8-. The van der Waals surface area contributed by atoms with Crippen LogP contribution in [0, 0.1) is 0 Å². The molecule has 0 radical (unpaired) electrons. The van der Waals surface area contributed by atoms with Crippen molar-refractivity contribution in [3.63, 3.8) is 0 Å². The Hall–Kier alpha value is -2.63. The van der Waals surface area contributed by atoms with E-state index in [0.29, 0.717) is 11.0 Å². The largest absolute Gasteiger partial charge is 0.463 e. The molecular formula is C13H13N3O3. The van der Waals surface area contributed by atoms with E-state index >= 15 is 0 Å². The topological polar surface area (TPSA) is 74.9 Å². The Bertz CT molecular complexity index is 689. The van der Waals surface area contributed by atoms with Crippen LogP contribution in [0.25, 0.3) is 11.0 Å². The van der Waals surface area contributed by atoms with Crippen molar-refractivity contribution in [2.45, 2.75) is 0 Å². The number of rotatable bonds is 3. The molecule has 19 heavy (non-hydrogen) atoms. The summed E-state index contributed by atoms with van der Waals surface area (Å²) < 4.78 is 5.25. The Morgan fingerprint density at radius 3 is 2.84 bits per heavy atom. The molecule has 0 spiro atoms. The first-order valence-corrected chi connectivity index (χ1v) is 5.60. The summed E-state index contributed by atoms with van der Waals surface area (Å²) in [6.45, 7) is 0. The van der Waals surface area contributed by atoms with Crippen LogP contribution < -0.4 is 10.9 Å². The Balaban J connectivity index is 2.33. The summed E-state index contributed by atoms with van der Waals surface area (Å²) >= 11 is 0. The first kappa shape index (κ1) is 12.8. The summed E-state index contributed by atoms with van der Waals surface area (Å²) in [4.78, 5) is 25.5. The van der Waals surface area contributed by atoms with Gasteiger partial charge in [0.25, 0.3) is 5.91 Å². The van der Waals surface area contributed by atoms with Crippen molar-refractivity contribution >= 4 is 23.2 Å². The maximum Gasteiger partial charge on any atom is 0.278 e. The minimum Gasteiger partial charge on any atom is -0.463 e. The van der Waals surface area contributed by atoms with E-state index in [0.717, 1.165) is 6.26 Å². The second-order valence-electron chi connectivity index (χ2n) is 4.12. The van der Waals surface area contributed by atoms with E-state index in [9.17, 15) is 9.59 Å². The quantitative estimate of drug-likeness (QED) is 0.507. The lowest BCUT2D eigenvalue weighted by atomic mass is 10.2. The number of benzene rings is 1. The van der Waals surface area contributed by atoms with Crippen molar-refractivity contribution in [1.29, 1.82) is 0 Å². The zero-order valence-electron chi connectivity index (χ0n) is 10.6. The van der Waals surface area contributed by atoms with E-state index < -0.39 is 5.91 Å². The molecule has 0 aliphatic heterocycles. The van der Waals surface area contributed by atoms with E-state index in [1.807, 2.05) is 0 Å². The second kappa shape index (κ2) is 5.34. The van der Waals surface area contributed by atoms with Gasteiger partial charge in [0, 0.05) is 14.1 Å². The molecule has 1 heterocycles. The van der Waals surface area contributed by atoms with Crippen molar-refractivity contribution in [1.82, 2.24) is 10.3 Å². The minimum absolute atomic E-state index is 0.0744. The average molecular weight is 259 g/mol. The van der Waals surface area contributed by atoms with Gasteiger partial charge >= 0.3 is 0 Å². The number of amides is 1. The predicted molar refractivity (Wildman–Crippen MR) is 72.1 cm³/mol. The van der Waals surface area contributed by atoms with Crippen molar-refractivity contribution in [2.75, 3.05) is 14.1 Å². The molecule has 2 rings (SSSR count). The SMILES string of the molecule is CN(C)/C=N\NC(=O)c1coc2ccccc2c1=O. The fourth-order valence-corrected chi connectivity index (χ4v) is 1.50. The average Bonchev–Trinajstić information content (AvgIpc) is 2.39. The number of hydrogen-bond donors (Lipinski definition) is 1. The molecule has 0 unspecified atom stereocenters. The molecule has 0 saturated carbocycles. The van der Waals surface area contributed by atoms with Crippen molar-refractivity contribution in [3.05, 3.63) is 46.3 Å². The van der Waals surface area contributed by atoms with Gasteiger partial charge in [0.2, 0.25) is 5.43 Å². The number of nitrogens with one attached hydrogen (secondary N) is 1. The summed E-state index contributed by atoms with van der Waals surface area (Å²) in [5, 5.41) is 4.06. The highest BCUT2D eigenvalue weighted by molar-refractivity contribution is 5.96. The van der Waals surface area contributed by atoms with E-state index in [1.54, 1.807) is 43.3 Å². The molecule has 98 valence electrons. The lowest BCUT2D eigenvalue weighted by Gasteiger charge is -2.03. The van der Waals surface area contributed by atoms with E-state index in [2.05, 4.69) is 10.5 Å². The van der Waals surface area contributed by atoms with Crippen LogP contribution in [-0.4, -0.2) is 31.2 Å². The highest BCUT2D eigenvalue weighted by atomic mass is 16.3.